The van der Waals surface area contributed by atoms with Crippen LogP contribution < -0.4 is 20.9 Å². The van der Waals surface area contributed by atoms with Crippen molar-refractivity contribution in [1.82, 2.24) is 24.8 Å². The van der Waals surface area contributed by atoms with Gasteiger partial charge < -0.3 is 35.3 Å². The Morgan fingerprint density at radius 2 is 1.75 bits per heavy atom. The Labute approximate surface area is 223 Å². The third-order valence-corrected chi connectivity index (χ3v) is 7.32. The van der Waals surface area contributed by atoms with E-state index in [-0.39, 0.29) is 24.8 Å². The SMILES string of the molecule is CCC1(c2nc(N3CCOCC3)c3nc(C4(O)CCCNC4)n(C)c3n2)Nc2ccccc2N1.Cl.Cl. The van der Waals surface area contributed by atoms with Crippen molar-refractivity contribution >= 4 is 53.2 Å². The summed E-state index contributed by atoms with van der Waals surface area (Å²) in [5, 5.41) is 22.1. The maximum Gasteiger partial charge on any atom is 0.179 e. The van der Waals surface area contributed by atoms with Gasteiger partial charge in [-0.25, -0.2) is 15.0 Å². The second kappa shape index (κ2) is 10.2. The number of benzene rings is 1. The molecule has 5 heterocycles. The molecule has 1 atom stereocenters. The number of hydrogen-bond donors (Lipinski definition) is 4. The second-order valence-corrected chi connectivity index (χ2v) is 9.50. The number of imidazole rings is 1. The molecule has 0 saturated carbocycles. The summed E-state index contributed by atoms with van der Waals surface area (Å²) < 4.78 is 7.55. The Bertz CT molecular complexity index is 1200. The predicted molar refractivity (Wildman–Crippen MR) is 145 cm³/mol. The number of aliphatic hydroxyl groups is 1. The molecule has 3 aromatic rings. The zero-order chi connectivity index (χ0) is 23.3. The van der Waals surface area contributed by atoms with Crippen molar-refractivity contribution in [2.24, 2.45) is 7.05 Å². The van der Waals surface area contributed by atoms with Crippen LogP contribution in [0.2, 0.25) is 0 Å². The number of piperidine rings is 1. The van der Waals surface area contributed by atoms with Gasteiger partial charge in [0.05, 0.1) is 24.6 Å². The molecule has 2 aromatic heterocycles. The molecule has 10 nitrogen and oxygen atoms in total. The summed E-state index contributed by atoms with van der Waals surface area (Å²) in [6.45, 7) is 6.29. The zero-order valence-electron chi connectivity index (χ0n) is 20.6. The van der Waals surface area contributed by atoms with Gasteiger partial charge in [-0.15, -0.1) is 24.8 Å². The standard InChI is InChI=1S/C24H32N8O2.2ClH/c1-3-24(29-16-7-4-5-8-17(16)30-24)21-27-19-18(20(28-21)32-11-13-34-14-12-32)26-22(31(19)2)23(33)9-6-10-25-15-23;;/h4-5,7-8,25,29-30,33H,3,6,9-15H2,1-2H3;2*1H. The number of aryl methyl sites for hydroxylation is 1. The third-order valence-electron chi connectivity index (χ3n) is 7.32. The van der Waals surface area contributed by atoms with E-state index >= 15 is 0 Å². The number of para-hydroxylation sites is 2. The average Bonchev–Trinajstić information content (AvgIpc) is 3.43. The van der Waals surface area contributed by atoms with Gasteiger partial charge in [-0.1, -0.05) is 19.1 Å². The fourth-order valence-corrected chi connectivity index (χ4v) is 5.37. The Kier molecular flexibility index (Phi) is 7.55. The normalized spacial score (nSPS) is 22.7. The maximum atomic E-state index is 11.5. The number of aromatic nitrogens is 4. The molecule has 1 aromatic carbocycles. The van der Waals surface area contributed by atoms with E-state index in [0.29, 0.717) is 37.8 Å². The van der Waals surface area contributed by atoms with Crippen molar-refractivity contribution in [3.63, 3.8) is 0 Å². The number of halogens is 2. The van der Waals surface area contributed by atoms with Crippen LogP contribution in [0.15, 0.2) is 24.3 Å². The highest BCUT2D eigenvalue weighted by Gasteiger charge is 2.42. The lowest BCUT2D eigenvalue weighted by Crippen LogP contribution is -2.44. The number of rotatable bonds is 4. The maximum absolute atomic E-state index is 11.5. The minimum atomic E-state index is -1.03. The molecule has 0 amide bonds. The van der Waals surface area contributed by atoms with Crippen LogP contribution in [0.3, 0.4) is 0 Å². The van der Waals surface area contributed by atoms with E-state index in [1.54, 1.807) is 0 Å². The lowest BCUT2D eigenvalue weighted by atomic mass is 9.93. The molecule has 196 valence electrons. The average molecular weight is 537 g/mol. The Hall–Kier alpha value is -2.37. The van der Waals surface area contributed by atoms with Crippen molar-refractivity contribution in [2.45, 2.75) is 37.5 Å². The molecule has 36 heavy (non-hydrogen) atoms. The predicted octanol–water partition coefficient (Wildman–Crippen LogP) is 2.71. The molecule has 0 radical (unpaired) electrons. The molecular formula is C24H34Cl2N8O2. The lowest BCUT2D eigenvalue weighted by molar-refractivity contribution is 0.00190. The highest BCUT2D eigenvalue weighted by Crippen LogP contribution is 2.41. The first-order valence-corrected chi connectivity index (χ1v) is 12.2. The van der Waals surface area contributed by atoms with Gasteiger partial charge in [0.25, 0.3) is 0 Å². The first-order valence-electron chi connectivity index (χ1n) is 12.2. The summed E-state index contributed by atoms with van der Waals surface area (Å²) in [4.78, 5) is 17.4. The van der Waals surface area contributed by atoms with Gasteiger partial charge >= 0.3 is 0 Å². The molecule has 6 rings (SSSR count). The minimum absolute atomic E-state index is 0. The van der Waals surface area contributed by atoms with Crippen molar-refractivity contribution in [1.29, 1.82) is 0 Å². The third kappa shape index (κ3) is 4.24. The molecule has 1 unspecified atom stereocenters. The van der Waals surface area contributed by atoms with E-state index in [0.717, 1.165) is 60.8 Å². The van der Waals surface area contributed by atoms with Gasteiger partial charge in [-0.05, 0) is 37.9 Å². The second-order valence-electron chi connectivity index (χ2n) is 9.50. The quantitative estimate of drug-likeness (QED) is 0.399. The van der Waals surface area contributed by atoms with Crippen LogP contribution in [0, 0.1) is 0 Å². The molecule has 2 saturated heterocycles. The first kappa shape index (κ1) is 26.7. The van der Waals surface area contributed by atoms with E-state index in [2.05, 4.69) is 39.9 Å². The van der Waals surface area contributed by atoms with Crippen molar-refractivity contribution in [2.75, 3.05) is 54.9 Å². The molecule has 2 fully saturated rings. The van der Waals surface area contributed by atoms with Gasteiger partial charge in [0.15, 0.2) is 28.5 Å². The van der Waals surface area contributed by atoms with Crippen LogP contribution in [0.25, 0.3) is 11.2 Å². The molecule has 0 spiro atoms. The minimum Gasteiger partial charge on any atom is -0.381 e. The van der Waals surface area contributed by atoms with Crippen molar-refractivity contribution in [3.05, 3.63) is 35.9 Å². The van der Waals surface area contributed by atoms with Crippen LogP contribution in [-0.4, -0.2) is 64.0 Å². The van der Waals surface area contributed by atoms with Gasteiger partial charge in [-0.3, -0.25) is 0 Å². The van der Waals surface area contributed by atoms with Gasteiger partial charge in [0.2, 0.25) is 0 Å². The van der Waals surface area contributed by atoms with Gasteiger partial charge in [0.1, 0.15) is 11.4 Å². The van der Waals surface area contributed by atoms with Crippen LogP contribution in [-0.2, 0) is 23.0 Å². The van der Waals surface area contributed by atoms with Crippen molar-refractivity contribution in [3.8, 4) is 0 Å². The number of ether oxygens (including phenoxy) is 1. The summed E-state index contributed by atoms with van der Waals surface area (Å²) in [6.07, 6.45) is 2.31. The Balaban J connectivity index is 0.00000152. The van der Waals surface area contributed by atoms with Crippen LogP contribution in [0.5, 0.6) is 0 Å². The molecular weight excluding hydrogens is 503 g/mol. The van der Waals surface area contributed by atoms with Gasteiger partial charge in [0, 0.05) is 26.7 Å². The van der Waals surface area contributed by atoms with E-state index < -0.39 is 11.3 Å². The highest BCUT2D eigenvalue weighted by atomic mass is 35.5. The zero-order valence-corrected chi connectivity index (χ0v) is 22.2. The Morgan fingerprint density at radius 3 is 2.36 bits per heavy atom. The fourth-order valence-electron chi connectivity index (χ4n) is 5.37. The summed E-state index contributed by atoms with van der Waals surface area (Å²) >= 11 is 0. The highest BCUT2D eigenvalue weighted by molar-refractivity contribution is 5.86. The summed E-state index contributed by atoms with van der Waals surface area (Å²) in [7, 11) is 1.94. The summed E-state index contributed by atoms with van der Waals surface area (Å²) in [6, 6.07) is 8.17. The van der Waals surface area contributed by atoms with Crippen LogP contribution >= 0.6 is 24.8 Å². The molecule has 4 N–H and O–H groups in total. The number of nitrogens with zero attached hydrogens (tertiary/aromatic N) is 5. The van der Waals surface area contributed by atoms with E-state index in [1.165, 1.54) is 0 Å². The molecule has 0 aliphatic carbocycles. The van der Waals surface area contributed by atoms with E-state index in [4.69, 9.17) is 19.7 Å². The number of hydrogen-bond acceptors (Lipinski definition) is 9. The topological polar surface area (TPSA) is 112 Å². The van der Waals surface area contributed by atoms with E-state index in [9.17, 15) is 5.11 Å². The fraction of sp³-hybridized carbons (Fsp3) is 0.542. The lowest BCUT2D eigenvalue weighted by Gasteiger charge is -2.31. The monoisotopic (exact) mass is 536 g/mol. The number of morpholine rings is 1. The number of anilines is 3. The van der Waals surface area contributed by atoms with Crippen LogP contribution in [0.4, 0.5) is 17.2 Å². The molecule has 3 aliphatic rings. The number of β-amino-alcohol motifs (C(OH)–C–C–N with tert-alkyl or cyclic N) is 1. The first-order chi connectivity index (χ1) is 16.5. The molecule has 12 heteroatoms. The largest absolute Gasteiger partial charge is 0.381 e. The summed E-state index contributed by atoms with van der Waals surface area (Å²) in [5.41, 5.74) is 1.87. The molecule has 0 bridgehead atoms. The summed E-state index contributed by atoms with van der Waals surface area (Å²) in [5.74, 6) is 2.10. The van der Waals surface area contributed by atoms with Gasteiger partial charge in [-0.2, -0.15) is 0 Å². The number of fused-ring (bicyclic) bond motifs is 2. The van der Waals surface area contributed by atoms with E-state index in [1.807, 2.05) is 23.7 Å². The van der Waals surface area contributed by atoms with Crippen LogP contribution in [0.1, 0.15) is 37.8 Å². The Morgan fingerprint density at radius 1 is 1.06 bits per heavy atom. The van der Waals surface area contributed by atoms with Crippen molar-refractivity contribution < 1.29 is 9.84 Å². The smallest absolute Gasteiger partial charge is 0.179 e. The molecule has 3 aliphatic heterocycles. The number of nitrogens with one attached hydrogen (secondary N) is 3.